The van der Waals surface area contributed by atoms with Gasteiger partial charge in [0.25, 0.3) is 0 Å². The van der Waals surface area contributed by atoms with Gasteiger partial charge in [-0.3, -0.25) is 4.98 Å². The van der Waals surface area contributed by atoms with Crippen LogP contribution < -0.4 is 15.4 Å². The minimum atomic E-state index is -3.68. The first-order valence-corrected chi connectivity index (χ1v) is 13.8. The Kier molecular flexibility index (Phi) is 7.31. The molecule has 11 nitrogen and oxygen atoms in total. The molecule has 0 amide bonds. The van der Waals surface area contributed by atoms with E-state index >= 15 is 0 Å². The summed E-state index contributed by atoms with van der Waals surface area (Å²) >= 11 is 0. The van der Waals surface area contributed by atoms with Crippen LogP contribution in [0.3, 0.4) is 0 Å². The molecule has 37 heavy (non-hydrogen) atoms. The van der Waals surface area contributed by atoms with Crippen molar-refractivity contribution in [2.24, 2.45) is 0 Å². The number of sulfonamides is 1. The van der Waals surface area contributed by atoms with Crippen molar-refractivity contribution in [1.29, 1.82) is 0 Å². The Morgan fingerprint density at radius 1 is 1.08 bits per heavy atom. The second kappa shape index (κ2) is 10.8. The van der Waals surface area contributed by atoms with Gasteiger partial charge in [-0.2, -0.15) is 9.97 Å². The summed E-state index contributed by atoms with van der Waals surface area (Å²) in [5, 5.41) is 16.5. The molecule has 0 unspecified atom stereocenters. The summed E-state index contributed by atoms with van der Waals surface area (Å²) in [7, 11) is -3.68. The molecular weight excluding hydrogens is 492 g/mol. The van der Waals surface area contributed by atoms with Crippen molar-refractivity contribution < 1.29 is 13.5 Å². The van der Waals surface area contributed by atoms with E-state index in [0.29, 0.717) is 35.2 Å². The van der Waals surface area contributed by atoms with Crippen LogP contribution in [0.25, 0.3) is 11.2 Å². The molecule has 0 spiro atoms. The number of aliphatic hydroxyl groups excluding tert-OH is 1. The lowest BCUT2D eigenvalue weighted by Crippen LogP contribution is -2.29. The first-order valence-electron chi connectivity index (χ1n) is 12.3. The lowest BCUT2D eigenvalue weighted by atomic mass is 9.93. The van der Waals surface area contributed by atoms with Gasteiger partial charge in [0.15, 0.2) is 17.0 Å². The number of anilines is 3. The summed E-state index contributed by atoms with van der Waals surface area (Å²) in [5.41, 5.74) is 2.78. The van der Waals surface area contributed by atoms with Crippen LogP contribution >= 0.6 is 0 Å². The predicted molar refractivity (Wildman–Crippen MR) is 141 cm³/mol. The highest BCUT2D eigenvalue weighted by atomic mass is 32.2. The SMILES string of the molecule is CCn1cnc2c(Nc3ccc(S(=O)(=O)NCc4cccnc4)cc3)nc(N[C@H]3CC[C@H](O)CC3)nc21. The first kappa shape index (κ1) is 25.1. The second-order valence-corrected chi connectivity index (χ2v) is 10.9. The Morgan fingerprint density at radius 2 is 1.86 bits per heavy atom. The van der Waals surface area contributed by atoms with Crippen LogP contribution in [0.1, 0.15) is 38.2 Å². The van der Waals surface area contributed by atoms with Crippen LogP contribution in [0.15, 0.2) is 60.0 Å². The third kappa shape index (κ3) is 5.87. The van der Waals surface area contributed by atoms with Crippen molar-refractivity contribution in [3.63, 3.8) is 0 Å². The minimum Gasteiger partial charge on any atom is -0.393 e. The molecule has 3 heterocycles. The Labute approximate surface area is 215 Å². The van der Waals surface area contributed by atoms with Gasteiger partial charge >= 0.3 is 0 Å². The van der Waals surface area contributed by atoms with Gasteiger partial charge in [0, 0.05) is 37.2 Å². The first-order chi connectivity index (χ1) is 17.9. The van der Waals surface area contributed by atoms with E-state index in [0.717, 1.165) is 31.2 Å². The van der Waals surface area contributed by atoms with E-state index in [-0.39, 0.29) is 23.6 Å². The Bertz CT molecular complexity index is 1450. The minimum absolute atomic E-state index is 0.158. The van der Waals surface area contributed by atoms with Crippen molar-refractivity contribution in [2.45, 2.75) is 62.7 Å². The third-order valence-electron chi connectivity index (χ3n) is 6.45. The quantitative estimate of drug-likeness (QED) is 0.260. The molecule has 1 fully saturated rings. The number of imidazole rings is 1. The number of pyridine rings is 1. The standard InChI is InChI=1S/C25H30N8O3S/c1-2-33-16-27-22-23(31-25(32-24(22)33)30-19-5-9-20(34)10-6-19)29-18-7-11-21(12-8-18)37(35,36)28-15-17-4-3-13-26-14-17/h3-4,7-8,11-14,16,19-20,28,34H,2,5-6,9-10,15H2,1H3,(H2,29,30,31,32)/t19-,20-. The predicted octanol–water partition coefficient (Wildman–Crippen LogP) is 3.18. The molecule has 0 aliphatic heterocycles. The second-order valence-electron chi connectivity index (χ2n) is 9.08. The van der Waals surface area contributed by atoms with Gasteiger partial charge in [0.05, 0.1) is 17.3 Å². The number of hydrogen-bond donors (Lipinski definition) is 4. The zero-order valence-corrected chi connectivity index (χ0v) is 21.3. The Hall–Kier alpha value is -3.61. The Morgan fingerprint density at radius 3 is 2.57 bits per heavy atom. The van der Waals surface area contributed by atoms with Crippen LogP contribution in [-0.2, 0) is 23.1 Å². The van der Waals surface area contributed by atoms with E-state index in [1.807, 2.05) is 17.6 Å². The van der Waals surface area contributed by atoms with Gasteiger partial charge < -0.3 is 20.3 Å². The van der Waals surface area contributed by atoms with Crippen molar-refractivity contribution in [2.75, 3.05) is 10.6 Å². The Balaban J connectivity index is 1.34. The molecule has 0 bridgehead atoms. The van der Waals surface area contributed by atoms with Crippen molar-refractivity contribution in [3.05, 3.63) is 60.7 Å². The summed E-state index contributed by atoms with van der Waals surface area (Å²) in [5.74, 6) is 1.02. The lowest BCUT2D eigenvalue weighted by Gasteiger charge is -2.26. The fourth-order valence-electron chi connectivity index (χ4n) is 4.35. The summed E-state index contributed by atoms with van der Waals surface area (Å²) in [6.07, 6.45) is 7.97. The molecule has 3 aromatic heterocycles. The monoisotopic (exact) mass is 522 g/mol. The number of aromatic nitrogens is 5. The number of rotatable bonds is 9. The van der Waals surface area contributed by atoms with Crippen LogP contribution in [-0.4, -0.2) is 50.2 Å². The number of aliphatic hydroxyl groups is 1. The summed E-state index contributed by atoms with van der Waals surface area (Å²) in [6.45, 7) is 2.89. The van der Waals surface area contributed by atoms with Gasteiger partial charge in [-0.15, -0.1) is 0 Å². The third-order valence-corrected chi connectivity index (χ3v) is 7.87. The summed E-state index contributed by atoms with van der Waals surface area (Å²) in [4.78, 5) is 18.0. The molecule has 1 saturated carbocycles. The highest BCUT2D eigenvalue weighted by molar-refractivity contribution is 7.89. The molecule has 4 N–H and O–H groups in total. The van der Waals surface area contributed by atoms with Gasteiger partial charge in [-0.1, -0.05) is 6.07 Å². The average molecular weight is 523 g/mol. The molecule has 0 saturated heterocycles. The van der Waals surface area contributed by atoms with Crippen LogP contribution in [0.5, 0.6) is 0 Å². The van der Waals surface area contributed by atoms with E-state index in [2.05, 4.69) is 30.3 Å². The van der Waals surface area contributed by atoms with Crippen LogP contribution in [0, 0.1) is 0 Å². The largest absolute Gasteiger partial charge is 0.393 e. The van der Waals surface area contributed by atoms with Gasteiger partial charge in [-0.25, -0.2) is 18.1 Å². The zero-order chi connectivity index (χ0) is 25.8. The van der Waals surface area contributed by atoms with Gasteiger partial charge in [0.1, 0.15) is 0 Å². The molecule has 0 atom stereocenters. The number of benzene rings is 1. The number of fused-ring (bicyclic) bond motifs is 1. The number of nitrogens with one attached hydrogen (secondary N) is 3. The highest BCUT2D eigenvalue weighted by Crippen LogP contribution is 2.27. The summed E-state index contributed by atoms with van der Waals surface area (Å²) < 4.78 is 30.0. The van der Waals surface area contributed by atoms with E-state index < -0.39 is 10.0 Å². The maximum Gasteiger partial charge on any atom is 0.240 e. The molecule has 1 aliphatic rings. The number of aryl methyl sites for hydroxylation is 1. The van der Waals surface area contributed by atoms with Crippen molar-refractivity contribution >= 4 is 38.6 Å². The maximum absolute atomic E-state index is 12.7. The molecule has 1 aliphatic carbocycles. The molecule has 4 aromatic rings. The molecular formula is C25H30N8O3S. The molecule has 194 valence electrons. The van der Waals surface area contributed by atoms with E-state index in [4.69, 9.17) is 4.98 Å². The van der Waals surface area contributed by atoms with Crippen LogP contribution in [0.4, 0.5) is 17.5 Å². The van der Waals surface area contributed by atoms with E-state index in [1.165, 1.54) is 0 Å². The lowest BCUT2D eigenvalue weighted by molar-refractivity contribution is 0.126. The normalized spacial score (nSPS) is 18.1. The van der Waals surface area contributed by atoms with Crippen LogP contribution in [0.2, 0.25) is 0 Å². The van der Waals surface area contributed by atoms with Crippen molar-refractivity contribution in [3.8, 4) is 0 Å². The maximum atomic E-state index is 12.7. The van der Waals surface area contributed by atoms with E-state index in [1.54, 1.807) is 49.1 Å². The van der Waals surface area contributed by atoms with Crippen molar-refractivity contribution in [1.82, 2.24) is 29.2 Å². The molecule has 0 radical (unpaired) electrons. The average Bonchev–Trinajstić information content (AvgIpc) is 3.33. The molecule has 12 heteroatoms. The molecule has 1 aromatic carbocycles. The number of hydrogen-bond acceptors (Lipinski definition) is 9. The summed E-state index contributed by atoms with van der Waals surface area (Å²) in [6, 6.07) is 10.2. The topological polar surface area (TPSA) is 147 Å². The highest BCUT2D eigenvalue weighted by Gasteiger charge is 2.21. The fourth-order valence-corrected chi connectivity index (χ4v) is 5.37. The fraction of sp³-hybridized carbons (Fsp3) is 0.360. The van der Waals surface area contributed by atoms with E-state index in [9.17, 15) is 13.5 Å². The zero-order valence-electron chi connectivity index (χ0n) is 20.5. The van der Waals surface area contributed by atoms with Gasteiger partial charge in [0.2, 0.25) is 16.0 Å². The van der Waals surface area contributed by atoms with Gasteiger partial charge in [-0.05, 0) is 68.5 Å². The molecule has 5 rings (SSSR count). The smallest absolute Gasteiger partial charge is 0.240 e. The number of nitrogens with zero attached hydrogens (tertiary/aromatic N) is 5.